The smallest absolute Gasteiger partial charge is 0.315 e. The van der Waals surface area contributed by atoms with Crippen molar-refractivity contribution in [2.45, 2.75) is 39.0 Å². The Kier molecular flexibility index (Phi) is 4.00. The van der Waals surface area contributed by atoms with Crippen LogP contribution >= 0.6 is 0 Å². The van der Waals surface area contributed by atoms with Gasteiger partial charge < -0.3 is 15.4 Å². The summed E-state index contributed by atoms with van der Waals surface area (Å²) in [7, 11) is 0. The van der Waals surface area contributed by atoms with Crippen molar-refractivity contribution < 1.29 is 9.53 Å². The highest BCUT2D eigenvalue weighted by atomic mass is 16.5. The lowest BCUT2D eigenvalue weighted by Crippen LogP contribution is -2.67. The lowest BCUT2D eigenvalue weighted by Gasteiger charge is -2.54. The molecule has 1 saturated heterocycles. The quantitative estimate of drug-likeness (QED) is 0.898. The van der Waals surface area contributed by atoms with E-state index in [2.05, 4.69) is 29.6 Å². The number of carbonyl (C=O) groups excluding carboxylic acids is 1. The van der Waals surface area contributed by atoms with Gasteiger partial charge in [-0.15, -0.1) is 0 Å². The number of aromatic nitrogens is 2. The highest BCUT2D eigenvalue weighted by Crippen LogP contribution is 2.52. The lowest BCUT2D eigenvalue weighted by molar-refractivity contribution is -0.108. The SMILES string of the molecule is CC1(C)C(NC(=O)NCc2ccccc2-n2cccn2)C2CCOC21. The number of fused-ring (bicyclic) bond motifs is 1. The molecule has 2 heterocycles. The number of hydrogen-bond donors (Lipinski definition) is 2. The van der Waals surface area contributed by atoms with Gasteiger partial charge >= 0.3 is 6.03 Å². The van der Waals surface area contributed by atoms with Gasteiger partial charge in [0.25, 0.3) is 0 Å². The standard InChI is InChI=1S/C19H24N4O2/c1-19(2)16(14-8-11-25-17(14)19)22-18(24)20-12-13-6-3-4-7-15(13)23-10-5-9-21-23/h3-7,9-10,14,16-17H,8,11-12H2,1-2H3,(H2,20,22,24). The Labute approximate surface area is 147 Å². The molecule has 2 aromatic rings. The molecule has 2 amide bonds. The predicted molar refractivity (Wildman–Crippen MR) is 94.4 cm³/mol. The molecule has 1 aromatic carbocycles. The van der Waals surface area contributed by atoms with E-state index in [0.29, 0.717) is 12.5 Å². The number of nitrogens with zero attached hydrogens (tertiary/aromatic N) is 2. The van der Waals surface area contributed by atoms with Crippen molar-refractivity contribution in [1.29, 1.82) is 0 Å². The van der Waals surface area contributed by atoms with Crippen LogP contribution in [0.4, 0.5) is 4.79 Å². The molecule has 1 aliphatic heterocycles. The van der Waals surface area contributed by atoms with Gasteiger partial charge in [-0.05, 0) is 24.1 Å². The van der Waals surface area contributed by atoms with Crippen LogP contribution in [0.3, 0.4) is 0 Å². The Bertz CT molecular complexity index is 757. The van der Waals surface area contributed by atoms with Crippen LogP contribution in [-0.2, 0) is 11.3 Å². The molecular weight excluding hydrogens is 316 g/mol. The Morgan fingerprint density at radius 2 is 2.20 bits per heavy atom. The van der Waals surface area contributed by atoms with Gasteiger partial charge in [0.1, 0.15) is 0 Å². The largest absolute Gasteiger partial charge is 0.377 e. The summed E-state index contributed by atoms with van der Waals surface area (Å²) in [4.78, 5) is 12.4. The Hall–Kier alpha value is -2.34. The molecule has 4 rings (SSSR count). The van der Waals surface area contributed by atoms with Crippen LogP contribution < -0.4 is 10.6 Å². The number of rotatable bonds is 4. The molecule has 3 unspecified atom stereocenters. The Balaban J connectivity index is 1.39. The summed E-state index contributed by atoms with van der Waals surface area (Å²) < 4.78 is 7.59. The molecule has 0 bridgehead atoms. The third-order valence-electron chi connectivity index (χ3n) is 5.57. The van der Waals surface area contributed by atoms with E-state index in [4.69, 9.17) is 4.74 Å². The van der Waals surface area contributed by atoms with E-state index in [1.54, 1.807) is 6.20 Å². The molecule has 132 valence electrons. The monoisotopic (exact) mass is 340 g/mol. The minimum absolute atomic E-state index is 0.00846. The van der Waals surface area contributed by atoms with E-state index in [1.165, 1.54) is 0 Å². The summed E-state index contributed by atoms with van der Waals surface area (Å²) >= 11 is 0. The minimum Gasteiger partial charge on any atom is -0.377 e. The third kappa shape index (κ3) is 2.80. The first kappa shape index (κ1) is 16.1. The number of benzene rings is 1. The van der Waals surface area contributed by atoms with Gasteiger partial charge in [0, 0.05) is 42.9 Å². The van der Waals surface area contributed by atoms with Crippen molar-refractivity contribution >= 4 is 6.03 Å². The van der Waals surface area contributed by atoms with Crippen LogP contribution in [0, 0.1) is 11.3 Å². The first-order chi connectivity index (χ1) is 12.1. The van der Waals surface area contributed by atoms with Crippen molar-refractivity contribution in [1.82, 2.24) is 20.4 Å². The second-order valence-electron chi connectivity index (χ2n) is 7.45. The summed E-state index contributed by atoms with van der Waals surface area (Å²) in [5.74, 6) is 0.442. The normalized spacial score (nSPS) is 26.6. The van der Waals surface area contributed by atoms with Gasteiger partial charge in [-0.2, -0.15) is 5.10 Å². The maximum absolute atomic E-state index is 12.4. The fraction of sp³-hybridized carbons (Fsp3) is 0.474. The molecule has 6 heteroatoms. The zero-order chi connectivity index (χ0) is 17.4. The van der Waals surface area contributed by atoms with Gasteiger partial charge in [-0.3, -0.25) is 0 Å². The second-order valence-corrected chi connectivity index (χ2v) is 7.45. The van der Waals surface area contributed by atoms with Gasteiger partial charge in [0.2, 0.25) is 0 Å². The second kappa shape index (κ2) is 6.19. The molecule has 1 aliphatic carbocycles. The molecule has 1 aromatic heterocycles. The zero-order valence-corrected chi connectivity index (χ0v) is 14.6. The maximum Gasteiger partial charge on any atom is 0.315 e. The predicted octanol–water partition coefficient (Wildman–Crippen LogP) is 2.49. The number of nitrogens with one attached hydrogen (secondary N) is 2. The number of amides is 2. The van der Waals surface area contributed by atoms with Crippen molar-refractivity contribution in [2.75, 3.05) is 6.61 Å². The van der Waals surface area contributed by atoms with E-state index >= 15 is 0 Å². The molecule has 1 saturated carbocycles. The summed E-state index contributed by atoms with van der Waals surface area (Å²) in [5.41, 5.74) is 1.99. The minimum atomic E-state index is -0.126. The average molecular weight is 340 g/mol. The number of carbonyl (C=O) groups is 1. The summed E-state index contributed by atoms with van der Waals surface area (Å²) in [6.07, 6.45) is 4.95. The molecule has 3 atom stereocenters. The third-order valence-corrected chi connectivity index (χ3v) is 5.57. The van der Waals surface area contributed by atoms with Gasteiger partial charge in [-0.25, -0.2) is 9.48 Å². The molecule has 0 radical (unpaired) electrons. The first-order valence-electron chi connectivity index (χ1n) is 8.81. The van der Waals surface area contributed by atoms with E-state index < -0.39 is 0 Å². The molecule has 2 N–H and O–H groups in total. The fourth-order valence-corrected chi connectivity index (χ4v) is 4.28. The van der Waals surface area contributed by atoms with Gasteiger partial charge in [-0.1, -0.05) is 32.0 Å². The summed E-state index contributed by atoms with van der Waals surface area (Å²) in [5, 5.41) is 10.4. The first-order valence-corrected chi connectivity index (χ1v) is 8.81. The summed E-state index contributed by atoms with van der Waals surface area (Å²) in [6, 6.07) is 9.87. The fourth-order valence-electron chi connectivity index (χ4n) is 4.28. The number of urea groups is 1. The van der Waals surface area contributed by atoms with E-state index in [-0.39, 0.29) is 23.6 Å². The van der Waals surface area contributed by atoms with Crippen LogP contribution in [0.25, 0.3) is 5.69 Å². The van der Waals surface area contributed by atoms with E-state index in [1.807, 2.05) is 41.2 Å². The Morgan fingerprint density at radius 1 is 1.36 bits per heavy atom. The van der Waals surface area contributed by atoms with Crippen molar-refractivity contribution in [2.24, 2.45) is 11.3 Å². The highest BCUT2D eigenvalue weighted by molar-refractivity contribution is 5.74. The van der Waals surface area contributed by atoms with Gasteiger partial charge in [0.05, 0.1) is 11.8 Å². The number of hydrogen-bond acceptors (Lipinski definition) is 3. The molecular formula is C19H24N4O2. The van der Waals surface area contributed by atoms with Crippen LogP contribution in [0.5, 0.6) is 0 Å². The van der Waals surface area contributed by atoms with Crippen LogP contribution in [-0.4, -0.2) is 34.6 Å². The lowest BCUT2D eigenvalue weighted by atomic mass is 9.57. The molecule has 2 aliphatic rings. The topological polar surface area (TPSA) is 68.2 Å². The van der Waals surface area contributed by atoms with Crippen molar-refractivity contribution in [3.05, 3.63) is 48.3 Å². The molecule has 6 nitrogen and oxygen atoms in total. The molecule has 0 spiro atoms. The van der Waals surface area contributed by atoms with Crippen molar-refractivity contribution in [3.8, 4) is 5.69 Å². The van der Waals surface area contributed by atoms with E-state index in [0.717, 1.165) is 24.3 Å². The van der Waals surface area contributed by atoms with Crippen molar-refractivity contribution in [3.63, 3.8) is 0 Å². The molecule has 25 heavy (non-hydrogen) atoms. The van der Waals surface area contributed by atoms with E-state index in [9.17, 15) is 4.79 Å². The van der Waals surface area contributed by atoms with Crippen LogP contribution in [0.15, 0.2) is 42.7 Å². The average Bonchev–Trinajstić information content (AvgIpc) is 3.28. The van der Waals surface area contributed by atoms with Crippen LogP contribution in [0.1, 0.15) is 25.8 Å². The molecule has 2 fully saturated rings. The van der Waals surface area contributed by atoms with Gasteiger partial charge in [0.15, 0.2) is 0 Å². The maximum atomic E-state index is 12.4. The van der Waals surface area contributed by atoms with Crippen LogP contribution in [0.2, 0.25) is 0 Å². The summed E-state index contributed by atoms with van der Waals surface area (Å²) in [6.45, 7) is 5.59. The number of ether oxygens (including phenoxy) is 1. The number of para-hydroxylation sites is 1. The highest BCUT2D eigenvalue weighted by Gasteiger charge is 2.59. The zero-order valence-electron chi connectivity index (χ0n) is 14.6. The Morgan fingerprint density at radius 3 is 3.00 bits per heavy atom.